The van der Waals surface area contributed by atoms with Gasteiger partial charge >= 0.3 is 0 Å². The number of para-hydroxylation sites is 2. The molecule has 160 valence electrons. The van der Waals surface area contributed by atoms with Gasteiger partial charge in [0, 0.05) is 13.6 Å². The van der Waals surface area contributed by atoms with Gasteiger partial charge < -0.3 is 20.1 Å². The Morgan fingerprint density at radius 1 is 1.14 bits per heavy atom. The van der Waals surface area contributed by atoms with Crippen molar-refractivity contribution in [2.75, 3.05) is 20.7 Å². The number of aliphatic imine (C=N–C) groups is 1. The fourth-order valence-corrected chi connectivity index (χ4v) is 3.04. The second-order valence-electron chi connectivity index (χ2n) is 6.08. The molecule has 0 saturated carbocycles. The summed E-state index contributed by atoms with van der Waals surface area (Å²) in [7, 11) is -0.473. The third kappa shape index (κ3) is 8.07. The molecule has 2 rings (SSSR count). The van der Waals surface area contributed by atoms with Gasteiger partial charge in [-0.3, -0.25) is 4.99 Å². The number of rotatable bonds is 8. The Balaban J connectivity index is 0.00000420. The Hall–Kier alpha value is -2.05. The lowest BCUT2D eigenvalue weighted by Crippen LogP contribution is -2.41. The van der Waals surface area contributed by atoms with Crippen LogP contribution in [0.2, 0.25) is 0 Å². The molecule has 0 amide bonds. The van der Waals surface area contributed by atoms with Crippen LogP contribution in [-0.2, 0) is 16.6 Å². The van der Waals surface area contributed by atoms with Gasteiger partial charge in [0.25, 0.3) is 0 Å². The summed E-state index contributed by atoms with van der Waals surface area (Å²) in [6.07, 6.45) is -0.138. The molecule has 0 aromatic heterocycles. The van der Waals surface area contributed by atoms with Crippen LogP contribution in [0.3, 0.4) is 0 Å². The van der Waals surface area contributed by atoms with Gasteiger partial charge in [-0.1, -0.05) is 24.3 Å². The van der Waals surface area contributed by atoms with Crippen molar-refractivity contribution in [2.24, 2.45) is 10.1 Å². The monoisotopic (exact) mass is 534 g/mol. The second kappa shape index (κ2) is 11.8. The lowest BCUT2D eigenvalue weighted by atomic mass is 10.2. The average Bonchev–Trinajstić information content (AvgIpc) is 2.68. The van der Waals surface area contributed by atoms with Crippen LogP contribution in [0.25, 0.3) is 0 Å². The quantitative estimate of drug-likeness (QED) is 0.272. The van der Waals surface area contributed by atoms with Crippen LogP contribution in [0.1, 0.15) is 12.5 Å². The molecule has 0 spiro atoms. The molecule has 8 nitrogen and oxygen atoms in total. The Kier molecular flexibility index (Phi) is 10.2. The van der Waals surface area contributed by atoms with Gasteiger partial charge in [0.15, 0.2) is 17.5 Å². The van der Waals surface area contributed by atoms with Crippen LogP contribution in [-0.4, -0.2) is 41.2 Å². The highest BCUT2D eigenvalue weighted by atomic mass is 127. The van der Waals surface area contributed by atoms with Crippen molar-refractivity contribution < 1.29 is 17.9 Å². The maximum absolute atomic E-state index is 11.5. The van der Waals surface area contributed by atoms with E-state index < -0.39 is 10.0 Å². The van der Waals surface area contributed by atoms with Gasteiger partial charge in [-0.2, -0.15) is 0 Å². The summed E-state index contributed by atoms with van der Waals surface area (Å²) >= 11 is 0. The highest BCUT2D eigenvalue weighted by molar-refractivity contribution is 14.0. The molecule has 4 N–H and O–H groups in total. The molecule has 10 heteroatoms. The summed E-state index contributed by atoms with van der Waals surface area (Å²) in [5, 5.41) is 11.5. The van der Waals surface area contributed by atoms with Crippen molar-refractivity contribution in [3.05, 3.63) is 54.1 Å². The van der Waals surface area contributed by atoms with E-state index in [0.29, 0.717) is 30.5 Å². The largest absolute Gasteiger partial charge is 0.493 e. The summed E-state index contributed by atoms with van der Waals surface area (Å²) in [6, 6.07) is 13.9. The maximum atomic E-state index is 11.5. The molecule has 0 aliphatic carbocycles. The van der Waals surface area contributed by atoms with Crippen LogP contribution in [0, 0.1) is 0 Å². The second-order valence-corrected chi connectivity index (χ2v) is 7.64. The van der Waals surface area contributed by atoms with Gasteiger partial charge in [-0.05, 0) is 36.8 Å². The minimum atomic E-state index is -3.73. The molecule has 29 heavy (non-hydrogen) atoms. The third-order valence-corrected chi connectivity index (χ3v) is 4.78. The fourth-order valence-electron chi connectivity index (χ4n) is 2.45. The Bertz CT molecular complexity index is 922. The normalized spacial score (nSPS) is 12.5. The van der Waals surface area contributed by atoms with Crippen molar-refractivity contribution in [2.45, 2.75) is 24.5 Å². The highest BCUT2D eigenvalue weighted by Crippen LogP contribution is 2.26. The first-order valence-electron chi connectivity index (χ1n) is 8.69. The molecular weight excluding hydrogens is 507 g/mol. The summed E-state index contributed by atoms with van der Waals surface area (Å²) in [4.78, 5) is 4.24. The van der Waals surface area contributed by atoms with Crippen LogP contribution >= 0.6 is 24.0 Å². The van der Waals surface area contributed by atoms with Gasteiger partial charge in [0.2, 0.25) is 10.0 Å². The summed E-state index contributed by atoms with van der Waals surface area (Å²) in [5.41, 5.74) is 0.771. The number of nitrogens with two attached hydrogens (primary N) is 1. The number of guanidine groups is 1. The van der Waals surface area contributed by atoms with E-state index in [0.717, 1.165) is 5.56 Å². The molecule has 0 radical (unpaired) electrons. The number of ether oxygens (including phenoxy) is 2. The minimum absolute atomic E-state index is 0. The standard InChI is InChI=1S/C19H26N4O4S.HI/c1-14(27-18-10-5-4-9-17(18)26-3)12-22-19(21-2)23-13-15-7-6-8-16(11-15)28(20,24)25;/h4-11,14H,12-13H2,1-3H3,(H2,20,24,25)(H2,21,22,23);1H. The van der Waals surface area contributed by atoms with E-state index in [9.17, 15) is 8.42 Å². The molecule has 0 aliphatic rings. The molecule has 2 aromatic rings. The summed E-state index contributed by atoms with van der Waals surface area (Å²) < 4.78 is 34.1. The first kappa shape index (κ1) is 25.0. The van der Waals surface area contributed by atoms with Crippen molar-refractivity contribution in [3.63, 3.8) is 0 Å². The van der Waals surface area contributed by atoms with E-state index in [4.69, 9.17) is 14.6 Å². The van der Waals surface area contributed by atoms with E-state index in [1.807, 2.05) is 37.3 Å². The number of halogens is 1. The maximum Gasteiger partial charge on any atom is 0.238 e. The topological polar surface area (TPSA) is 115 Å². The lowest BCUT2D eigenvalue weighted by molar-refractivity contribution is 0.213. The average molecular weight is 534 g/mol. The molecule has 0 saturated heterocycles. The molecule has 0 bridgehead atoms. The Labute approximate surface area is 189 Å². The predicted octanol–water partition coefficient (Wildman–Crippen LogP) is 2.09. The molecule has 2 aromatic carbocycles. The number of hydrogen-bond acceptors (Lipinski definition) is 5. The number of hydrogen-bond donors (Lipinski definition) is 3. The highest BCUT2D eigenvalue weighted by Gasteiger charge is 2.10. The number of primary sulfonamides is 1. The van der Waals surface area contributed by atoms with E-state index in [-0.39, 0.29) is 35.0 Å². The van der Waals surface area contributed by atoms with Crippen molar-refractivity contribution in [1.82, 2.24) is 10.6 Å². The molecule has 0 fully saturated rings. The molecule has 0 heterocycles. The van der Waals surface area contributed by atoms with E-state index >= 15 is 0 Å². The SMILES string of the molecule is CN=C(NCc1cccc(S(N)(=O)=O)c1)NCC(C)Oc1ccccc1OC.I. The van der Waals surface area contributed by atoms with E-state index in [1.54, 1.807) is 20.2 Å². The first-order chi connectivity index (χ1) is 13.3. The number of benzene rings is 2. The van der Waals surface area contributed by atoms with Crippen LogP contribution in [0.4, 0.5) is 0 Å². The summed E-state index contributed by atoms with van der Waals surface area (Å²) in [6.45, 7) is 2.84. The smallest absolute Gasteiger partial charge is 0.238 e. The molecular formula is C19H27IN4O4S. The number of nitrogens with one attached hydrogen (secondary N) is 2. The van der Waals surface area contributed by atoms with Gasteiger partial charge in [0.1, 0.15) is 6.10 Å². The zero-order valence-electron chi connectivity index (χ0n) is 16.6. The van der Waals surface area contributed by atoms with E-state index in [1.165, 1.54) is 12.1 Å². The van der Waals surface area contributed by atoms with Crippen molar-refractivity contribution in [3.8, 4) is 11.5 Å². The number of methoxy groups -OCH3 is 1. The van der Waals surface area contributed by atoms with Gasteiger partial charge in [-0.15, -0.1) is 24.0 Å². The number of sulfonamides is 1. The predicted molar refractivity (Wildman–Crippen MR) is 125 cm³/mol. The van der Waals surface area contributed by atoms with Crippen molar-refractivity contribution in [1.29, 1.82) is 0 Å². The fraction of sp³-hybridized carbons (Fsp3) is 0.316. The lowest BCUT2D eigenvalue weighted by Gasteiger charge is -2.19. The van der Waals surface area contributed by atoms with Crippen LogP contribution in [0.5, 0.6) is 11.5 Å². The minimum Gasteiger partial charge on any atom is -0.493 e. The van der Waals surface area contributed by atoms with Crippen LogP contribution in [0.15, 0.2) is 58.4 Å². The van der Waals surface area contributed by atoms with Crippen LogP contribution < -0.4 is 25.2 Å². The van der Waals surface area contributed by atoms with E-state index in [2.05, 4.69) is 15.6 Å². The Morgan fingerprint density at radius 2 is 1.83 bits per heavy atom. The first-order valence-corrected chi connectivity index (χ1v) is 10.2. The Morgan fingerprint density at radius 3 is 2.45 bits per heavy atom. The summed E-state index contributed by atoms with van der Waals surface area (Å²) in [5.74, 6) is 1.91. The molecule has 1 atom stereocenters. The zero-order chi connectivity index (χ0) is 20.6. The third-order valence-electron chi connectivity index (χ3n) is 3.86. The zero-order valence-corrected chi connectivity index (χ0v) is 19.7. The van der Waals surface area contributed by atoms with Gasteiger partial charge in [0.05, 0.1) is 18.6 Å². The molecule has 0 aliphatic heterocycles. The molecule has 1 unspecified atom stereocenters. The van der Waals surface area contributed by atoms with Gasteiger partial charge in [-0.25, -0.2) is 13.6 Å². The number of nitrogens with zero attached hydrogens (tertiary/aromatic N) is 1. The van der Waals surface area contributed by atoms with Crippen molar-refractivity contribution >= 4 is 40.0 Å².